The van der Waals surface area contributed by atoms with Crippen LogP contribution in [-0.4, -0.2) is 107 Å². The van der Waals surface area contributed by atoms with Gasteiger partial charge in [0.1, 0.15) is 30.7 Å². The van der Waals surface area contributed by atoms with Gasteiger partial charge in [0, 0.05) is 47.0 Å². The minimum Gasteiger partial charge on any atom is -0.504 e. The van der Waals surface area contributed by atoms with Gasteiger partial charge in [0.2, 0.25) is 18.6 Å². The second-order valence-electron chi connectivity index (χ2n) is 15.3. The Balaban J connectivity index is 1.21. The third kappa shape index (κ3) is 6.61. The molecule has 6 aliphatic heterocycles. The predicted molar refractivity (Wildman–Crippen MR) is 212 cm³/mol. The van der Waals surface area contributed by atoms with E-state index in [-0.39, 0.29) is 30.7 Å². The van der Waals surface area contributed by atoms with E-state index in [2.05, 4.69) is 15.5 Å². The van der Waals surface area contributed by atoms with Gasteiger partial charge >= 0.3 is 11.9 Å². The van der Waals surface area contributed by atoms with Crippen molar-refractivity contribution in [1.29, 1.82) is 0 Å². The molecule has 6 heterocycles. The summed E-state index contributed by atoms with van der Waals surface area (Å²) >= 11 is 1.31. The summed E-state index contributed by atoms with van der Waals surface area (Å²) in [6.45, 7) is 6.10. The lowest BCUT2D eigenvalue weighted by molar-refractivity contribution is -0.184. The van der Waals surface area contributed by atoms with Crippen LogP contribution in [0, 0.1) is 13.8 Å². The van der Waals surface area contributed by atoms with Crippen LogP contribution in [0.25, 0.3) is 6.08 Å². The monoisotopic (exact) mass is 814 g/mol. The second-order valence-corrected chi connectivity index (χ2v) is 16.4. The first-order chi connectivity index (χ1) is 27.8. The lowest BCUT2D eigenvalue weighted by Crippen LogP contribution is -2.69. The summed E-state index contributed by atoms with van der Waals surface area (Å²) in [4.78, 5) is 57.1. The summed E-state index contributed by atoms with van der Waals surface area (Å²) in [5.74, 6) is -0.980. The number of aliphatic hydroxyl groups is 1. The van der Waals surface area contributed by atoms with Gasteiger partial charge in [-0.05, 0) is 57.0 Å². The number of nitrogens with one attached hydrogen (secondary N) is 2. The topological polar surface area (TPSA) is 185 Å². The van der Waals surface area contributed by atoms with Crippen molar-refractivity contribution in [1.82, 2.24) is 20.4 Å². The average Bonchev–Trinajstić information content (AvgIpc) is 3.69. The van der Waals surface area contributed by atoms with Crippen LogP contribution in [0.5, 0.6) is 28.7 Å². The molecule has 3 aromatic rings. The quantitative estimate of drug-likeness (QED) is 0.155. The number of ether oxygens (including phenoxy) is 5. The minimum absolute atomic E-state index is 0.00405. The molecule has 3 aromatic carbocycles. The fraction of sp³-hybridized carbons (Fsp3) is 0.429. The molecule has 2 unspecified atom stereocenters. The van der Waals surface area contributed by atoms with Crippen molar-refractivity contribution in [2.45, 2.75) is 81.8 Å². The van der Waals surface area contributed by atoms with Gasteiger partial charge in [0.05, 0.1) is 30.5 Å². The number of methoxy groups -OCH3 is 1. The number of carbonyl (C=O) groups excluding carboxylic acids is 4. The summed E-state index contributed by atoms with van der Waals surface area (Å²) in [6, 6.07) is 6.62. The maximum Gasteiger partial charge on any atom is 0.329 e. The summed E-state index contributed by atoms with van der Waals surface area (Å²) in [7, 11) is 3.42. The van der Waals surface area contributed by atoms with Crippen molar-refractivity contribution in [3.8, 4) is 28.7 Å². The molecule has 8 atom stereocenters. The molecule has 2 fully saturated rings. The number of piperazine rings is 1. The molecule has 0 radical (unpaired) electrons. The maximum absolute atomic E-state index is 14.0. The van der Waals surface area contributed by atoms with Crippen LogP contribution in [0.4, 0.5) is 0 Å². The first kappa shape index (κ1) is 39.5. The smallest absolute Gasteiger partial charge is 0.329 e. The number of likely N-dealkylation sites (N-methyl/N-ethyl adjacent to an activating group) is 1. The van der Waals surface area contributed by atoms with Gasteiger partial charge in [0.25, 0.3) is 0 Å². The molecular formula is C42H46N4O11S. The van der Waals surface area contributed by atoms with Crippen LogP contribution in [0.2, 0.25) is 0 Å². The molecule has 0 saturated carbocycles. The summed E-state index contributed by atoms with van der Waals surface area (Å²) in [6.07, 6.45) is 2.29. The first-order valence-corrected chi connectivity index (χ1v) is 20.2. The number of phenolic OH excluding ortho intramolecular Hbond substituents is 1. The maximum atomic E-state index is 14.0. The number of benzene rings is 3. The lowest BCUT2D eigenvalue weighted by Gasteiger charge is -2.62. The molecule has 6 aliphatic rings. The number of amides is 2. The van der Waals surface area contributed by atoms with Crippen molar-refractivity contribution in [3.63, 3.8) is 0 Å². The predicted octanol–water partition coefficient (Wildman–Crippen LogP) is 3.36. The van der Waals surface area contributed by atoms with Gasteiger partial charge in [-0.1, -0.05) is 36.4 Å². The average molecular weight is 815 g/mol. The SMILES string of the molecule is COc1c(C)cc2c(c1O)[C@@H]1C3[C@@H]4SC[C@H](NC(=O)C(C)NC(=O)C=Cc5ccccc5)C(=O)OC[C@@H](c5c6c(c(C)c(OC(C)=O)c54)OCO6)N3[C@@H](O)[C@H](C2)N1C. The van der Waals surface area contributed by atoms with Gasteiger partial charge in [-0.15, -0.1) is 11.8 Å². The minimum atomic E-state index is -1.16. The summed E-state index contributed by atoms with van der Waals surface area (Å²) in [5, 5.41) is 29.2. The highest BCUT2D eigenvalue weighted by atomic mass is 32.2. The van der Waals surface area contributed by atoms with Crippen LogP contribution in [0.1, 0.15) is 70.1 Å². The fourth-order valence-electron chi connectivity index (χ4n) is 9.24. The van der Waals surface area contributed by atoms with Gasteiger partial charge < -0.3 is 44.5 Å². The number of fused-ring (bicyclic) bond motifs is 10. The molecule has 9 rings (SSSR count). The number of rotatable bonds is 7. The highest BCUT2D eigenvalue weighted by Crippen LogP contribution is 2.63. The van der Waals surface area contributed by atoms with Gasteiger partial charge in [-0.2, -0.15) is 0 Å². The zero-order chi connectivity index (χ0) is 41.2. The molecule has 0 aromatic heterocycles. The Labute approximate surface area is 339 Å². The summed E-state index contributed by atoms with van der Waals surface area (Å²) in [5.41, 5.74) is 4.79. The largest absolute Gasteiger partial charge is 0.504 e. The van der Waals surface area contributed by atoms with Gasteiger partial charge in [-0.3, -0.25) is 24.2 Å². The Hall–Kier alpha value is -5.29. The first-order valence-electron chi connectivity index (χ1n) is 19.1. The normalized spacial score (nSPS) is 26.5. The Kier molecular flexibility index (Phi) is 10.5. The Morgan fingerprint density at radius 3 is 2.52 bits per heavy atom. The second kappa shape index (κ2) is 15.5. The third-order valence-corrected chi connectivity index (χ3v) is 13.2. The fourth-order valence-corrected chi connectivity index (χ4v) is 10.7. The molecule has 58 heavy (non-hydrogen) atoms. The molecule has 0 aliphatic carbocycles. The number of carbonyl (C=O) groups is 4. The summed E-state index contributed by atoms with van der Waals surface area (Å²) < 4.78 is 29.8. The van der Waals surface area contributed by atoms with Crippen LogP contribution in [0.3, 0.4) is 0 Å². The van der Waals surface area contributed by atoms with Crippen molar-refractivity contribution >= 4 is 41.6 Å². The standard InChI is InChI=1S/C42H46N4O11S/c1-19-14-24-15-26-41(51)46-27-16-54-42(52)25(44-40(50)21(3)43-28(48)13-12-23-10-8-7-9-11-23)17-58-39(33(46)32(45(26)5)29(24)34(49)35(19)53-6)31-30(27)38-37(55-18-56-38)20(2)36(31)57-22(4)47/h7-14,21,25-27,32-33,39,41,49,51H,15-18H2,1-6H3,(H,43,48)(H,44,50)/t21?,25-,26-,27-,32+,33?,39+,41-/m0/s1. The zero-order valence-electron chi connectivity index (χ0n) is 32.9. The van der Waals surface area contributed by atoms with E-state index in [1.807, 2.05) is 55.3 Å². The molecule has 15 nitrogen and oxygen atoms in total. The van der Waals surface area contributed by atoms with Crippen molar-refractivity contribution in [2.75, 3.05) is 33.3 Å². The highest BCUT2D eigenvalue weighted by Gasteiger charge is 2.60. The van der Waals surface area contributed by atoms with E-state index in [1.165, 1.54) is 38.8 Å². The van der Waals surface area contributed by atoms with E-state index in [0.717, 1.165) is 16.7 Å². The zero-order valence-corrected chi connectivity index (χ0v) is 33.8. The third-order valence-electron chi connectivity index (χ3n) is 11.8. The number of aliphatic hydroxyl groups excluding tert-OH is 1. The molecule has 2 saturated heterocycles. The highest BCUT2D eigenvalue weighted by molar-refractivity contribution is 7.99. The number of hydrogen-bond acceptors (Lipinski definition) is 14. The number of phenols is 1. The number of aromatic hydroxyl groups is 1. The molecule has 4 N–H and O–H groups in total. The van der Waals surface area contributed by atoms with Crippen LogP contribution in [0.15, 0.2) is 42.5 Å². The number of nitrogens with zero attached hydrogens (tertiary/aromatic N) is 2. The van der Waals surface area contributed by atoms with E-state index in [0.29, 0.717) is 45.9 Å². The van der Waals surface area contributed by atoms with E-state index >= 15 is 0 Å². The molecule has 306 valence electrons. The molecule has 2 amide bonds. The van der Waals surface area contributed by atoms with Crippen molar-refractivity contribution in [2.24, 2.45) is 0 Å². The Bertz CT molecular complexity index is 2220. The molecule has 16 heteroatoms. The Morgan fingerprint density at radius 2 is 1.79 bits per heavy atom. The molecular weight excluding hydrogens is 769 g/mol. The van der Waals surface area contributed by atoms with Gasteiger partial charge in [0.15, 0.2) is 23.0 Å². The Morgan fingerprint density at radius 1 is 1.05 bits per heavy atom. The van der Waals surface area contributed by atoms with E-state index in [9.17, 15) is 29.4 Å². The number of aryl methyl sites for hydroxylation is 1. The van der Waals surface area contributed by atoms with Gasteiger partial charge in [-0.25, -0.2) is 4.79 Å². The lowest BCUT2D eigenvalue weighted by atomic mass is 9.73. The number of esters is 2. The van der Waals surface area contributed by atoms with Crippen LogP contribution >= 0.6 is 11.8 Å². The molecule has 4 bridgehead atoms. The van der Waals surface area contributed by atoms with Crippen molar-refractivity contribution < 1.29 is 53.1 Å². The van der Waals surface area contributed by atoms with Crippen LogP contribution in [-0.2, 0) is 30.3 Å². The van der Waals surface area contributed by atoms with E-state index in [1.54, 1.807) is 13.0 Å². The van der Waals surface area contributed by atoms with Crippen LogP contribution < -0.4 is 29.6 Å². The number of thioether (sulfide) groups is 1. The van der Waals surface area contributed by atoms with Crippen molar-refractivity contribution in [3.05, 3.63) is 81.4 Å². The van der Waals surface area contributed by atoms with E-state index in [4.69, 9.17) is 23.7 Å². The number of hydrogen-bond donors (Lipinski definition) is 4. The van der Waals surface area contributed by atoms with E-state index < -0.39 is 71.5 Å². The molecule has 0 spiro atoms.